The molecular weight excluding hydrogens is 202 g/mol. The molecule has 2 saturated carbocycles. The van der Waals surface area contributed by atoms with Gasteiger partial charge in [-0.25, -0.2) is 0 Å². The molecule has 2 fully saturated rings. The van der Waals surface area contributed by atoms with E-state index in [-0.39, 0.29) is 16.7 Å². The van der Waals surface area contributed by atoms with E-state index in [2.05, 4.69) is 0 Å². The quantitative estimate of drug-likeness (QED) is 0.816. The summed E-state index contributed by atoms with van der Waals surface area (Å²) in [4.78, 5) is 0. The number of hydrogen-bond acceptors (Lipinski definition) is 3. The number of benzene rings is 1. The molecule has 3 N–H and O–H groups in total. The highest BCUT2D eigenvalue weighted by molar-refractivity contribution is 5.51. The van der Waals surface area contributed by atoms with Crippen LogP contribution in [0.2, 0.25) is 0 Å². The molecule has 0 bridgehead atoms. The molecule has 0 heterocycles. The van der Waals surface area contributed by atoms with E-state index in [4.69, 9.17) is 10.5 Å². The first-order valence-corrected chi connectivity index (χ1v) is 5.78. The fourth-order valence-electron chi connectivity index (χ4n) is 2.85. The minimum absolute atomic E-state index is 0.0166. The molecule has 3 nitrogen and oxygen atoms in total. The standard InChI is InChI=1S/C13H17NO2/c1-16-11-8-9(15)2-3-10(11)12(4-5-12)13(14)6-7-13/h2-3,8,15H,4-7,14H2,1H3. The van der Waals surface area contributed by atoms with Crippen molar-refractivity contribution in [3.05, 3.63) is 23.8 Å². The smallest absolute Gasteiger partial charge is 0.126 e. The molecule has 1 aromatic carbocycles. The Morgan fingerprint density at radius 3 is 2.44 bits per heavy atom. The van der Waals surface area contributed by atoms with E-state index >= 15 is 0 Å². The minimum atomic E-state index is -0.0166. The van der Waals surface area contributed by atoms with Gasteiger partial charge in [-0.2, -0.15) is 0 Å². The summed E-state index contributed by atoms with van der Waals surface area (Å²) in [5.74, 6) is 1.02. The molecule has 0 saturated heterocycles. The fourth-order valence-corrected chi connectivity index (χ4v) is 2.85. The third-order valence-corrected chi connectivity index (χ3v) is 4.19. The van der Waals surface area contributed by atoms with Crippen LogP contribution in [0.25, 0.3) is 0 Å². The van der Waals surface area contributed by atoms with E-state index < -0.39 is 0 Å². The highest BCUT2D eigenvalue weighted by atomic mass is 16.5. The zero-order valence-corrected chi connectivity index (χ0v) is 9.49. The molecule has 16 heavy (non-hydrogen) atoms. The number of rotatable bonds is 3. The molecule has 1 aromatic rings. The first-order chi connectivity index (χ1) is 7.61. The first-order valence-electron chi connectivity index (χ1n) is 5.78. The van der Waals surface area contributed by atoms with Gasteiger partial charge in [-0.15, -0.1) is 0 Å². The molecule has 0 spiro atoms. The van der Waals surface area contributed by atoms with E-state index in [0.29, 0.717) is 0 Å². The van der Waals surface area contributed by atoms with Gasteiger partial charge in [0.05, 0.1) is 7.11 Å². The summed E-state index contributed by atoms with van der Waals surface area (Å²) in [6.07, 6.45) is 4.50. The SMILES string of the molecule is COc1cc(O)ccc1C1(C2(N)CC2)CC1. The van der Waals surface area contributed by atoms with Gasteiger partial charge in [-0.3, -0.25) is 0 Å². The van der Waals surface area contributed by atoms with Crippen LogP contribution < -0.4 is 10.5 Å². The Kier molecular flexibility index (Phi) is 1.82. The number of hydrogen-bond donors (Lipinski definition) is 2. The van der Waals surface area contributed by atoms with Gasteiger partial charge in [0.25, 0.3) is 0 Å². The highest BCUT2D eigenvalue weighted by Gasteiger charge is 2.64. The van der Waals surface area contributed by atoms with Crippen molar-refractivity contribution in [2.75, 3.05) is 7.11 Å². The summed E-state index contributed by atoms with van der Waals surface area (Å²) in [6, 6.07) is 5.37. The molecule has 0 radical (unpaired) electrons. The number of phenols is 1. The topological polar surface area (TPSA) is 55.5 Å². The van der Waals surface area contributed by atoms with Crippen LogP contribution in [0.15, 0.2) is 18.2 Å². The molecule has 0 amide bonds. The first kappa shape index (κ1) is 9.97. The molecular formula is C13H17NO2. The lowest BCUT2D eigenvalue weighted by Crippen LogP contribution is -2.37. The van der Waals surface area contributed by atoms with Crippen LogP contribution in [0, 0.1) is 0 Å². The van der Waals surface area contributed by atoms with Crippen LogP contribution >= 0.6 is 0 Å². The Morgan fingerprint density at radius 2 is 1.94 bits per heavy atom. The Bertz CT molecular complexity index is 434. The molecule has 3 rings (SSSR count). The molecule has 0 atom stereocenters. The van der Waals surface area contributed by atoms with Crippen molar-refractivity contribution in [1.82, 2.24) is 0 Å². The van der Waals surface area contributed by atoms with Crippen LogP contribution in [0.5, 0.6) is 11.5 Å². The van der Waals surface area contributed by atoms with E-state index in [0.717, 1.165) is 31.4 Å². The maximum atomic E-state index is 9.46. The maximum absolute atomic E-state index is 9.46. The molecule has 2 aliphatic rings. The van der Waals surface area contributed by atoms with E-state index in [1.54, 1.807) is 19.2 Å². The number of ether oxygens (including phenoxy) is 1. The molecule has 3 heteroatoms. The van der Waals surface area contributed by atoms with Gasteiger partial charge in [-0.1, -0.05) is 6.07 Å². The van der Waals surface area contributed by atoms with E-state index in [9.17, 15) is 5.11 Å². The molecule has 0 aromatic heterocycles. The van der Waals surface area contributed by atoms with Crippen molar-refractivity contribution in [3.63, 3.8) is 0 Å². The molecule has 2 aliphatic carbocycles. The van der Waals surface area contributed by atoms with Gasteiger partial charge in [-0.05, 0) is 31.7 Å². The summed E-state index contributed by atoms with van der Waals surface area (Å²) in [5, 5.41) is 9.46. The molecule has 0 unspecified atom stereocenters. The van der Waals surface area contributed by atoms with E-state index in [1.165, 1.54) is 5.56 Å². The molecule has 0 aliphatic heterocycles. The van der Waals surface area contributed by atoms with Crippen molar-refractivity contribution in [2.45, 2.75) is 36.6 Å². The summed E-state index contributed by atoms with van der Waals surface area (Å²) < 4.78 is 5.36. The predicted octanol–water partition coefficient (Wildman–Crippen LogP) is 1.92. The predicted molar refractivity (Wildman–Crippen MR) is 61.7 cm³/mol. The van der Waals surface area contributed by atoms with Gasteiger partial charge in [0.15, 0.2) is 0 Å². The van der Waals surface area contributed by atoms with Crippen LogP contribution in [0.4, 0.5) is 0 Å². The second-order valence-corrected chi connectivity index (χ2v) is 5.12. The highest BCUT2D eigenvalue weighted by Crippen LogP contribution is 2.65. The average molecular weight is 219 g/mol. The van der Waals surface area contributed by atoms with Gasteiger partial charge in [0.1, 0.15) is 11.5 Å². The van der Waals surface area contributed by atoms with Gasteiger partial charge in [0.2, 0.25) is 0 Å². The third-order valence-electron chi connectivity index (χ3n) is 4.19. The lowest BCUT2D eigenvalue weighted by atomic mass is 9.85. The normalized spacial score (nSPS) is 23.9. The van der Waals surface area contributed by atoms with Gasteiger partial charge >= 0.3 is 0 Å². The lowest BCUT2D eigenvalue weighted by molar-refractivity contribution is 0.387. The van der Waals surface area contributed by atoms with Crippen LogP contribution in [0.1, 0.15) is 31.2 Å². The third kappa shape index (κ3) is 1.18. The Morgan fingerprint density at radius 1 is 1.25 bits per heavy atom. The van der Waals surface area contributed by atoms with Gasteiger partial charge in [0, 0.05) is 22.6 Å². The second-order valence-electron chi connectivity index (χ2n) is 5.12. The Hall–Kier alpha value is -1.22. The summed E-state index contributed by atoms with van der Waals surface area (Å²) in [7, 11) is 1.64. The largest absolute Gasteiger partial charge is 0.508 e. The zero-order chi connectivity index (χ0) is 11.4. The zero-order valence-electron chi connectivity index (χ0n) is 9.49. The van der Waals surface area contributed by atoms with Crippen LogP contribution in [-0.4, -0.2) is 17.8 Å². The van der Waals surface area contributed by atoms with Crippen molar-refractivity contribution in [2.24, 2.45) is 5.73 Å². The summed E-state index contributed by atoms with van der Waals surface area (Å²) >= 11 is 0. The monoisotopic (exact) mass is 219 g/mol. The average Bonchev–Trinajstić information content (AvgIpc) is 3.14. The fraction of sp³-hybridized carbons (Fsp3) is 0.538. The Labute approximate surface area is 95.2 Å². The number of nitrogens with two attached hydrogens (primary N) is 1. The van der Waals surface area contributed by atoms with Crippen molar-refractivity contribution in [3.8, 4) is 11.5 Å². The van der Waals surface area contributed by atoms with Crippen LogP contribution in [-0.2, 0) is 5.41 Å². The lowest BCUT2D eigenvalue weighted by Gasteiger charge is -2.25. The number of phenolic OH excluding ortho intramolecular Hbond substituents is 1. The minimum Gasteiger partial charge on any atom is -0.508 e. The number of aromatic hydroxyl groups is 1. The van der Waals surface area contributed by atoms with Crippen molar-refractivity contribution >= 4 is 0 Å². The summed E-state index contributed by atoms with van der Waals surface area (Å²) in [6.45, 7) is 0. The molecule has 86 valence electrons. The van der Waals surface area contributed by atoms with Gasteiger partial charge < -0.3 is 15.6 Å². The van der Waals surface area contributed by atoms with Crippen molar-refractivity contribution in [1.29, 1.82) is 0 Å². The van der Waals surface area contributed by atoms with Crippen molar-refractivity contribution < 1.29 is 9.84 Å². The van der Waals surface area contributed by atoms with E-state index in [1.807, 2.05) is 6.07 Å². The summed E-state index contributed by atoms with van der Waals surface area (Å²) in [5.41, 5.74) is 7.64. The second kappa shape index (κ2) is 2.92. The number of methoxy groups -OCH3 is 1. The van der Waals surface area contributed by atoms with Crippen LogP contribution in [0.3, 0.4) is 0 Å². The Balaban J connectivity index is 2.06. The maximum Gasteiger partial charge on any atom is 0.126 e.